The number of hydrogen-bond acceptors (Lipinski definition) is 5. The molecular formula is C18H24N4O3. The van der Waals surface area contributed by atoms with Crippen molar-refractivity contribution < 1.29 is 14.3 Å². The third-order valence-electron chi connectivity index (χ3n) is 4.46. The van der Waals surface area contributed by atoms with E-state index >= 15 is 0 Å². The molecule has 0 atom stereocenters. The van der Waals surface area contributed by atoms with Crippen LogP contribution in [0.25, 0.3) is 11.3 Å². The Hall–Kier alpha value is -2.57. The van der Waals surface area contributed by atoms with Crippen LogP contribution in [0.4, 0.5) is 4.79 Å². The van der Waals surface area contributed by atoms with Crippen LogP contribution in [-0.2, 0) is 11.2 Å². The number of carbonyl (C=O) groups is 1. The summed E-state index contributed by atoms with van der Waals surface area (Å²) in [6.45, 7) is 0.266. The summed E-state index contributed by atoms with van der Waals surface area (Å²) < 4.78 is 10.5. The molecule has 1 aliphatic carbocycles. The number of rotatable bonds is 6. The van der Waals surface area contributed by atoms with E-state index in [0.29, 0.717) is 6.42 Å². The number of amides is 1. The number of H-pyrrole nitrogens is 1. The largest absolute Gasteiger partial charge is 0.497 e. The van der Waals surface area contributed by atoms with Gasteiger partial charge in [0.15, 0.2) is 0 Å². The predicted molar refractivity (Wildman–Crippen MR) is 93.4 cm³/mol. The minimum atomic E-state index is -0.349. The van der Waals surface area contributed by atoms with E-state index in [4.69, 9.17) is 9.47 Å². The average molecular weight is 344 g/mol. The first-order chi connectivity index (χ1) is 12.3. The van der Waals surface area contributed by atoms with Crippen molar-refractivity contribution in [3.63, 3.8) is 0 Å². The van der Waals surface area contributed by atoms with Crippen LogP contribution < -0.4 is 10.1 Å². The summed E-state index contributed by atoms with van der Waals surface area (Å²) in [7, 11) is 1.63. The van der Waals surface area contributed by atoms with Crippen LogP contribution >= 0.6 is 0 Å². The van der Waals surface area contributed by atoms with Crippen LogP contribution in [0.15, 0.2) is 24.3 Å². The number of ether oxygens (including phenoxy) is 2. The molecule has 0 bridgehead atoms. The lowest BCUT2D eigenvalue weighted by atomic mass is 9.96. The molecule has 2 aromatic rings. The lowest BCUT2D eigenvalue weighted by Gasteiger charge is -2.22. The summed E-state index contributed by atoms with van der Waals surface area (Å²) >= 11 is 0. The lowest BCUT2D eigenvalue weighted by molar-refractivity contribution is 0.140. The van der Waals surface area contributed by atoms with Crippen molar-refractivity contribution in [3.8, 4) is 17.0 Å². The number of carbonyl (C=O) groups excluding carboxylic acids is 1. The summed E-state index contributed by atoms with van der Waals surface area (Å²) in [5.74, 6) is 0.759. The molecule has 7 heteroatoms. The van der Waals surface area contributed by atoms with Crippen LogP contribution in [0.5, 0.6) is 5.75 Å². The number of nitrogens with one attached hydrogen (secondary N) is 2. The fraction of sp³-hybridized carbons (Fsp3) is 0.500. The van der Waals surface area contributed by atoms with Crippen LogP contribution in [-0.4, -0.2) is 41.3 Å². The first-order valence-corrected chi connectivity index (χ1v) is 8.73. The molecule has 1 aliphatic rings. The molecule has 0 saturated heterocycles. The number of aromatic nitrogens is 3. The van der Waals surface area contributed by atoms with Gasteiger partial charge in [-0.3, -0.25) is 0 Å². The van der Waals surface area contributed by atoms with Gasteiger partial charge in [-0.15, -0.1) is 0 Å². The Kier molecular flexibility index (Phi) is 5.87. The second kappa shape index (κ2) is 8.50. The molecular weight excluding hydrogens is 320 g/mol. The minimum Gasteiger partial charge on any atom is -0.497 e. The van der Waals surface area contributed by atoms with E-state index in [1.807, 2.05) is 24.3 Å². The van der Waals surface area contributed by atoms with E-state index in [1.54, 1.807) is 7.11 Å². The number of benzene rings is 1. The summed E-state index contributed by atoms with van der Waals surface area (Å²) in [4.78, 5) is 11.9. The van der Waals surface area contributed by atoms with Crippen molar-refractivity contribution in [3.05, 3.63) is 30.0 Å². The summed E-state index contributed by atoms with van der Waals surface area (Å²) in [5.41, 5.74) is 2.42. The van der Waals surface area contributed by atoms with Gasteiger partial charge in [0.2, 0.25) is 0 Å². The van der Waals surface area contributed by atoms with Crippen molar-refractivity contribution in [2.75, 3.05) is 13.7 Å². The molecule has 7 nitrogen and oxygen atoms in total. The highest BCUT2D eigenvalue weighted by Crippen LogP contribution is 2.24. The molecule has 134 valence electrons. The standard InChI is InChI=1S/C18H24N4O3/c1-24-15-9-5-6-13(12-15)17-16(20-22-21-17)10-11-25-18(23)19-14-7-3-2-4-8-14/h5-6,9,12,14H,2-4,7-8,10-11H2,1H3,(H,19,23)(H,20,21,22). The smallest absolute Gasteiger partial charge is 0.407 e. The van der Waals surface area contributed by atoms with E-state index < -0.39 is 0 Å². The number of methoxy groups -OCH3 is 1. The molecule has 1 aromatic carbocycles. The normalized spacial score (nSPS) is 14.9. The maximum atomic E-state index is 11.9. The molecule has 1 amide bonds. The number of hydrogen-bond donors (Lipinski definition) is 2. The van der Waals surface area contributed by atoms with Gasteiger partial charge < -0.3 is 14.8 Å². The molecule has 1 saturated carbocycles. The Balaban J connectivity index is 1.52. The molecule has 0 aliphatic heterocycles. The summed E-state index contributed by atoms with van der Waals surface area (Å²) in [6, 6.07) is 7.88. The number of alkyl carbamates (subject to hydrolysis) is 1. The van der Waals surface area contributed by atoms with Gasteiger partial charge in [-0.1, -0.05) is 31.4 Å². The lowest BCUT2D eigenvalue weighted by Crippen LogP contribution is -2.36. The van der Waals surface area contributed by atoms with Crippen molar-refractivity contribution in [2.45, 2.75) is 44.6 Å². The number of aromatic amines is 1. The Morgan fingerprint density at radius 2 is 2.12 bits per heavy atom. The van der Waals surface area contributed by atoms with Crippen LogP contribution in [0.2, 0.25) is 0 Å². The second-order valence-electron chi connectivity index (χ2n) is 6.22. The fourth-order valence-corrected chi connectivity index (χ4v) is 3.12. The zero-order valence-corrected chi connectivity index (χ0v) is 14.5. The monoisotopic (exact) mass is 344 g/mol. The molecule has 1 heterocycles. The molecule has 0 spiro atoms. The highest BCUT2D eigenvalue weighted by molar-refractivity contribution is 5.67. The first-order valence-electron chi connectivity index (χ1n) is 8.73. The van der Waals surface area contributed by atoms with Crippen LogP contribution in [0.1, 0.15) is 37.8 Å². The van der Waals surface area contributed by atoms with Gasteiger partial charge in [-0.2, -0.15) is 15.4 Å². The molecule has 1 aromatic heterocycles. The Bertz CT molecular complexity index is 695. The highest BCUT2D eigenvalue weighted by atomic mass is 16.5. The summed E-state index contributed by atoms with van der Waals surface area (Å²) in [6.07, 6.45) is 5.84. The fourth-order valence-electron chi connectivity index (χ4n) is 3.12. The highest BCUT2D eigenvalue weighted by Gasteiger charge is 2.17. The zero-order chi connectivity index (χ0) is 17.5. The molecule has 1 fully saturated rings. The van der Waals surface area contributed by atoms with Crippen molar-refractivity contribution in [1.82, 2.24) is 20.7 Å². The van der Waals surface area contributed by atoms with E-state index in [1.165, 1.54) is 19.3 Å². The Morgan fingerprint density at radius 1 is 1.28 bits per heavy atom. The Morgan fingerprint density at radius 3 is 2.92 bits per heavy atom. The minimum absolute atomic E-state index is 0.251. The van der Waals surface area contributed by atoms with Gasteiger partial charge in [-0.05, 0) is 25.0 Å². The van der Waals surface area contributed by atoms with Gasteiger partial charge in [0.05, 0.1) is 19.4 Å². The zero-order valence-electron chi connectivity index (χ0n) is 14.5. The van der Waals surface area contributed by atoms with E-state index in [0.717, 1.165) is 35.5 Å². The Labute approximate surface area is 147 Å². The van der Waals surface area contributed by atoms with Crippen molar-refractivity contribution >= 4 is 6.09 Å². The predicted octanol–water partition coefficient (Wildman–Crippen LogP) is 3.08. The van der Waals surface area contributed by atoms with E-state index in [2.05, 4.69) is 20.7 Å². The van der Waals surface area contributed by atoms with E-state index in [-0.39, 0.29) is 18.7 Å². The molecule has 2 N–H and O–H groups in total. The molecule has 3 rings (SSSR count). The summed E-state index contributed by atoms with van der Waals surface area (Å²) in [5, 5.41) is 14.0. The SMILES string of the molecule is COc1cccc(-c2n[nH]nc2CCOC(=O)NC2CCCCC2)c1. The maximum Gasteiger partial charge on any atom is 0.407 e. The molecule has 25 heavy (non-hydrogen) atoms. The number of nitrogens with zero attached hydrogens (tertiary/aromatic N) is 2. The first kappa shape index (κ1) is 17.3. The van der Waals surface area contributed by atoms with Crippen LogP contribution in [0, 0.1) is 0 Å². The second-order valence-corrected chi connectivity index (χ2v) is 6.22. The van der Waals surface area contributed by atoms with Gasteiger partial charge in [0, 0.05) is 18.0 Å². The van der Waals surface area contributed by atoms with E-state index in [9.17, 15) is 4.79 Å². The average Bonchev–Trinajstić information content (AvgIpc) is 3.11. The topological polar surface area (TPSA) is 89.1 Å². The third kappa shape index (κ3) is 4.71. The van der Waals surface area contributed by atoms with Gasteiger partial charge in [-0.25, -0.2) is 4.79 Å². The van der Waals surface area contributed by atoms with Crippen LogP contribution in [0.3, 0.4) is 0 Å². The quantitative estimate of drug-likeness (QED) is 0.840. The molecule has 0 radical (unpaired) electrons. The van der Waals surface area contributed by atoms with Crippen molar-refractivity contribution in [2.24, 2.45) is 0 Å². The third-order valence-corrected chi connectivity index (χ3v) is 4.46. The van der Waals surface area contributed by atoms with Gasteiger partial charge in [0.25, 0.3) is 0 Å². The van der Waals surface area contributed by atoms with Crippen molar-refractivity contribution in [1.29, 1.82) is 0 Å². The molecule has 0 unspecified atom stereocenters. The van der Waals surface area contributed by atoms with Gasteiger partial charge >= 0.3 is 6.09 Å². The van der Waals surface area contributed by atoms with Gasteiger partial charge in [0.1, 0.15) is 11.4 Å². The maximum absolute atomic E-state index is 11.9.